The second-order valence-corrected chi connectivity index (χ2v) is 8.45. The summed E-state index contributed by atoms with van der Waals surface area (Å²) in [6, 6.07) is 21.8. The third-order valence-electron chi connectivity index (χ3n) is 4.47. The first-order valence-electron chi connectivity index (χ1n) is 8.48. The van der Waals surface area contributed by atoms with Gasteiger partial charge in [-0.15, -0.1) is 4.40 Å². The minimum absolute atomic E-state index is 0.188. The Kier molecular flexibility index (Phi) is 4.50. The summed E-state index contributed by atoms with van der Waals surface area (Å²) >= 11 is 6.01. The van der Waals surface area contributed by atoms with Crippen LogP contribution in [0, 0.1) is 6.92 Å². The number of amidine groups is 1. The van der Waals surface area contributed by atoms with Crippen molar-refractivity contribution in [1.29, 1.82) is 0 Å². The van der Waals surface area contributed by atoms with Gasteiger partial charge in [0, 0.05) is 17.1 Å². The monoisotopic (exact) mass is 396 g/mol. The van der Waals surface area contributed by atoms with Gasteiger partial charge in [0.25, 0.3) is 10.0 Å². The molecule has 0 spiro atoms. The number of halogens is 1. The van der Waals surface area contributed by atoms with E-state index in [1.807, 2.05) is 48.2 Å². The molecule has 0 saturated carbocycles. The highest BCUT2D eigenvalue weighted by atomic mass is 35.5. The normalized spacial score (nSPS) is 15.2. The summed E-state index contributed by atoms with van der Waals surface area (Å²) in [7, 11) is -3.81. The Morgan fingerprint density at radius 2 is 1.59 bits per heavy atom. The minimum atomic E-state index is -3.81. The quantitative estimate of drug-likeness (QED) is 0.616. The number of rotatable bonds is 3. The van der Waals surface area contributed by atoms with E-state index in [-0.39, 0.29) is 4.90 Å². The maximum absolute atomic E-state index is 12.8. The maximum Gasteiger partial charge on any atom is 0.283 e. The lowest BCUT2D eigenvalue weighted by atomic mass is 10.2. The summed E-state index contributed by atoms with van der Waals surface area (Å²) in [6.45, 7) is 1.91. The molecule has 0 unspecified atom stereocenters. The zero-order valence-electron chi connectivity index (χ0n) is 14.6. The molecule has 1 heterocycles. The van der Waals surface area contributed by atoms with E-state index in [9.17, 15) is 8.42 Å². The molecule has 0 saturated heterocycles. The van der Waals surface area contributed by atoms with Gasteiger partial charge >= 0.3 is 0 Å². The summed E-state index contributed by atoms with van der Waals surface area (Å²) in [5, 5.41) is 0.622. The highest BCUT2D eigenvalue weighted by molar-refractivity contribution is 7.90. The predicted octanol–water partition coefficient (Wildman–Crippen LogP) is 5.13. The zero-order chi connectivity index (χ0) is 19.0. The smallest absolute Gasteiger partial charge is 0.283 e. The highest BCUT2D eigenvalue weighted by Gasteiger charge is 2.29. The number of sulfonamides is 1. The molecule has 0 fully saturated rings. The van der Waals surface area contributed by atoms with Gasteiger partial charge < -0.3 is 0 Å². The van der Waals surface area contributed by atoms with Gasteiger partial charge in [-0.2, -0.15) is 8.42 Å². The highest BCUT2D eigenvalue weighted by Crippen LogP contribution is 2.36. The number of hydrogen-bond donors (Lipinski definition) is 0. The van der Waals surface area contributed by atoms with Crippen LogP contribution in [0.1, 0.15) is 11.1 Å². The lowest BCUT2D eigenvalue weighted by molar-refractivity contribution is 0.598. The molecule has 1 aliphatic rings. The summed E-state index contributed by atoms with van der Waals surface area (Å²) < 4.78 is 29.9. The summed E-state index contributed by atoms with van der Waals surface area (Å²) in [5.41, 5.74) is 3.78. The van der Waals surface area contributed by atoms with E-state index >= 15 is 0 Å². The molecule has 3 aromatic carbocycles. The van der Waals surface area contributed by atoms with Crippen molar-refractivity contribution >= 4 is 38.8 Å². The molecular formula is C21H17ClN2O2S. The van der Waals surface area contributed by atoms with Crippen molar-refractivity contribution in [3.8, 4) is 0 Å². The Labute approximate surface area is 163 Å². The Hall–Kier alpha value is -2.63. The van der Waals surface area contributed by atoms with Crippen LogP contribution in [0.4, 0.5) is 11.4 Å². The third-order valence-corrected chi connectivity index (χ3v) is 6.04. The zero-order valence-corrected chi connectivity index (χ0v) is 16.2. The second kappa shape index (κ2) is 6.83. The van der Waals surface area contributed by atoms with Crippen LogP contribution >= 0.6 is 11.6 Å². The minimum Gasteiger partial charge on any atom is -0.297 e. The van der Waals surface area contributed by atoms with Crippen LogP contribution in [-0.2, 0) is 16.4 Å². The number of hydrogen-bond acceptors (Lipinski definition) is 2. The Morgan fingerprint density at radius 3 is 2.30 bits per heavy atom. The lowest BCUT2D eigenvalue weighted by Gasteiger charge is -2.20. The van der Waals surface area contributed by atoms with Gasteiger partial charge in [-0.3, -0.25) is 4.90 Å². The fourth-order valence-electron chi connectivity index (χ4n) is 3.12. The van der Waals surface area contributed by atoms with Gasteiger partial charge in [-0.25, -0.2) is 0 Å². The molecule has 0 N–H and O–H groups in total. The van der Waals surface area contributed by atoms with Crippen molar-refractivity contribution in [2.24, 2.45) is 4.40 Å². The van der Waals surface area contributed by atoms with E-state index in [1.165, 1.54) is 0 Å². The SMILES string of the molecule is Cc1ccc(S(=O)(=O)/N=C2/Cc3ccccc3N2c2ccc(Cl)cc2)cc1. The average molecular weight is 397 g/mol. The van der Waals surface area contributed by atoms with Crippen molar-refractivity contribution in [2.45, 2.75) is 18.2 Å². The van der Waals surface area contributed by atoms with Crippen LogP contribution in [0.5, 0.6) is 0 Å². The first kappa shape index (κ1) is 17.8. The molecular weight excluding hydrogens is 380 g/mol. The fourth-order valence-corrected chi connectivity index (χ4v) is 4.26. The molecule has 6 heteroatoms. The van der Waals surface area contributed by atoms with E-state index in [4.69, 9.17) is 11.6 Å². The molecule has 1 aliphatic heterocycles. The first-order chi connectivity index (χ1) is 12.9. The molecule has 0 atom stereocenters. The Balaban J connectivity index is 1.82. The number of anilines is 2. The van der Waals surface area contributed by atoms with Gasteiger partial charge in [-0.05, 0) is 55.0 Å². The molecule has 0 aromatic heterocycles. The van der Waals surface area contributed by atoms with E-state index in [2.05, 4.69) is 4.40 Å². The summed E-state index contributed by atoms with van der Waals surface area (Å²) in [5.74, 6) is 0.471. The average Bonchev–Trinajstić information content (AvgIpc) is 3.00. The molecule has 4 rings (SSSR count). The van der Waals surface area contributed by atoms with Gasteiger partial charge in [-0.1, -0.05) is 47.5 Å². The molecule has 136 valence electrons. The molecule has 4 nitrogen and oxygen atoms in total. The van der Waals surface area contributed by atoms with Crippen LogP contribution in [0.3, 0.4) is 0 Å². The van der Waals surface area contributed by atoms with Crippen LogP contribution < -0.4 is 4.90 Å². The maximum atomic E-state index is 12.8. The van der Waals surface area contributed by atoms with Crippen molar-refractivity contribution in [3.63, 3.8) is 0 Å². The van der Waals surface area contributed by atoms with E-state index in [0.29, 0.717) is 17.3 Å². The topological polar surface area (TPSA) is 49.7 Å². The standard InChI is InChI=1S/C21H17ClN2O2S/c1-15-6-12-19(13-7-15)27(25,26)23-21-14-16-4-2-3-5-20(16)24(21)18-10-8-17(22)9-11-18/h2-13H,14H2,1H3/b23-21-. The summed E-state index contributed by atoms with van der Waals surface area (Å²) in [6.07, 6.45) is 0.448. The van der Waals surface area contributed by atoms with Crippen molar-refractivity contribution in [2.75, 3.05) is 4.90 Å². The van der Waals surface area contributed by atoms with Gasteiger partial charge in [0.05, 0.1) is 10.6 Å². The van der Waals surface area contributed by atoms with E-state index in [1.54, 1.807) is 36.4 Å². The van der Waals surface area contributed by atoms with Gasteiger partial charge in [0.2, 0.25) is 0 Å². The third kappa shape index (κ3) is 3.48. The molecule has 3 aromatic rings. The molecule has 0 bridgehead atoms. The predicted molar refractivity (Wildman–Crippen MR) is 110 cm³/mol. The van der Waals surface area contributed by atoms with Crippen LogP contribution in [-0.4, -0.2) is 14.3 Å². The second-order valence-electron chi connectivity index (χ2n) is 6.41. The van der Waals surface area contributed by atoms with Gasteiger partial charge in [0.15, 0.2) is 0 Å². The number of benzene rings is 3. The van der Waals surface area contributed by atoms with Crippen LogP contribution in [0.25, 0.3) is 0 Å². The Morgan fingerprint density at radius 1 is 0.926 bits per heavy atom. The molecule has 27 heavy (non-hydrogen) atoms. The van der Waals surface area contributed by atoms with E-state index < -0.39 is 10.0 Å². The molecule has 0 radical (unpaired) electrons. The van der Waals surface area contributed by atoms with Crippen molar-refractivity contribution < 1.29 is 8.42 Å². The molecule has 0 amide bonds. The van der Waals surface area contributed by atoms with Crippen LogP contribution in [0.15, 0.2) is 82.1 Å². The number of aryl methyl sites for hydroxylation is 1. The van der Waals surface area contributed by atoms with E-state index in [0.717, 1.165) is 22.5 Å². The van der Waals surface area contributed by atoms with Crippen LogP contribution in [0.2, 0.25) is 5.02 Å². The number of fused-ring (bicyclic) bond motifs is 1. The largest absolute Gasteiger partial charge is 0.297 e. The van der Waals surface area contributed by atoms with Crippen molar-refractivity contribution in [3.05, 3.63) is 88.9 Å². The van der Waals surface area contributed by atoms with Gasteiger partial charge in [0.1, 0.15) is 5.84 Å². The number of para-hydroxylation sites is 1. The first-order valence-corrected chi connectivity index (χ1v) is 10.3. The Bertz CT molecular complexity index is 1120. The lowest BCUT2D eigenvalue weighted by Crippen LogP contribution is -2.23. The summed E-state index contributed by atoms with van der Waals surface area (Å²) in [4.78, 5) is 2.06. The fraction of sp³-hybridized carbons (Fsp3) is 0.0952. The number of nitrogens with zero attached hydrogens (tertiary/aromatic N) is 2. The molecule has 0 aliphatic carbocycles. The van der Waals surface area contributed by atoms with Crippen molar-refractivity contribution in [1.82, 2.24) is 0 Å².